The van der Waals surface area contributed by atoms with E-state index >= 15 is 0 Å². The summed E-state index contributed by atoms with van der Waals surface area (Å²) < 4.78 is 6.18. The second-order valence-electron chi connectivity index (χ2n) is 5.44. The molecule has 0 aliphatic heterocycles. The molecule has 3 nitrogen and oxygen atoms in total. The third kappa shape index (κ3) is 6.63. The zero-order valence-corrected chi connectivity index (χ0v) is 13.9. The summed E-state index contributed by atoms with van der Waals surface area (Å²) in [5.41, 5.74) is 1.67. The molecule has 0 aliphatic rings. The Balaban J connectivity index is 2.38. The van der Waals surface area contributed by atoms with E-state index in [0.717, 1.165) is 15.6 Å². The molecule has 1 rings (SSSR count). The molecule has 20 heavy (non-hydrogen) atoms. The Bertz CT molecular complexity index is 536. The first kappa shape index (κ1) is 16.6. The standard InChI is InChI=1S/C16H20BrNO2/c1-12-11-14(17)9-8-13(12)7-5-6-10-18-15(19)20-16(2,3)4/h8-9,11H,6,10H2,1-4H3,(H,18,19). The topological polar surface area (TPSA) is 38.3 Å². The van der Waals surface area contributed by atoms with Gasteiger partial charge in [-0.1, -0.05) is 27.8 Å². The molecule has 0 aliphatic carbocycles. The molecule has 0 saturated carbocycles. The van der Waals surface area contributed by atoms with Gasteiger partial charge in [-0.15, -0.1) is 0 Å². The minimum atomic E-state index is -0.468. The maximum atomic E-state index is 11.4. The number of benzene rings is 1. The fraction of sp³-hybridized carbons (Fsp3) is 0.438. The van der Waals surface area contributed by atoms with Crippen LogP contribution in [0.4, 0.5) is 4.79 Å². The van der Waals surface area contributed by atoms with E-state index in [9.17, 15) is 4.79 Å². The molecule has 0 unspecified atom stereocenters. The Morgan fingerprint density at radius 1 is 1.40 bits per heavy atom. The molecule has 0 heterocycles. The van der Waals surface area contributed by atoms with Crippen molar-refractivity contribution >= 4 is 22.0 Å². The number of nitrogens with one attached hydrogen (secondary N) is 1. The van der Waals surface area contributed by atoms with Gasteiger partial charge in [-0.3, -0.25) is 0 Å². The summed E-state index contributed by atoms with van der Waals surface area (Å²) in [6.45, 7) is 8.01. The van der Waals surface area contributed by atoms with Gasteiger partial charge in [-0.05, 0) is 51.5 Å². The molecule has 1 N–H and O–H groups in total. The highest BCUT2D eigenvalue weighted by atomic mass is 79.9. The van der Waals surface area contributed by atoms with Crippen molar-refractivity contribution in [2.45, 2.75) is 39.7 Å². The molecule has 0 bridgehead atoms. The second-order valence-corrected chi connectivity index (χ2v) is 6.36. The second kappa shape index (κ2) is 7.35. The van der Waals surface area contributed by atoms with Crippen LogP contribution in [0.1, 0.15) is 38.3 Å². The summed E-state index contributed by atoms with van der Waals surface area (Å²) in [7, 11) is 0. The third-order valence-electron chi connectivity index (χ3n) is 2.33. The zero-order chi connectivity index (χ0) is 15.2. The summed E-state index contributed by atoms with van der Waals surface area (Å²) >= 11 is 3.42. The molecule has 1 aromatic carbocycles. The fourth-order valence-electron chi connectivity index (χ4n) is 1.47. The monoisotopic (exact) mass is 337 g/mol. The molecule has 0 aromatic heterocycles. The summed E-state index contributed by atoms with van der Waals surface area (Å²) in [5.74, 6) is 6.14. The first-order valence-electron chi connectivity index (χ1n) is 6.50. The summed E-state index contributed by atoms with van der Waals surface area (Å²) in [4.78, 5) is 11.4. The summed E-state index contributed by atoms with van der Waals surface area (Å²) in [6, 6.07) is 5.98. The van der Waals surface area contributed by atoms with Gasteiger partial charge < -0.3 is 10.1 Å². The molecule has 1 amide bonds. The lowest BCUT2D eigenvalue weighted by Crippen LogP contribution is -2.32. The van der Waals surface area contributed by atoms with Crippen molar-refractivity contribution in [3.05, 3.63) is 33.8 Å². The number of ether oxygens (including phenoxy) is 1. The van der Waals surface area contributed by atoms with Crippen LogP contribution >= 0.6 is 15.9 Å². The highest BCUT2D eigenvalue weighted by Crippen LogP contribution is 2.14. The molecular formula is C16H20BrNO2. The van der Waals surface area contributed by atoms with E-state index in [1.807, 2.05) is 45.9 Å². The van der Waals surface area contributed by atoms with Crippen LogP contribution in [-0.4, -0.2) is 18.2 Å². The highest BCUT2D eigenvalue weighted by Gasteiger charge is 2.15. The van der Waals surface area contributed by atoms with E-state index in [2.05, 4.69) is 33.1 Å². The van der Waals surface area contributed by atoms with Crippen molar-refractivity contribution in [1.82, 2.24) is 5.32 Å². The number of alkyl carbamates (subject to hydrolysis) is 1. The predicted octanol–water partition coefficient (Wildman–Crippen LogP) is 4.02. The number of halogens is 1. The molecule has 0 fully saturated rings. The van der Waals surface area contributed by atoms with E-state index in [4.69, 9.17) is 4.74 Å². The Morgan fingerprint density at radius 3 is 2.70 bits per heavy atom. The Labute approximate surface area is 129 Å². The average Bonchev–Trinajstić information content (AvgIpc) is 2.28. The zero-order valence-electron chi connectivity index (χ0n) is 12.3. The van der Waals surface area contributed by atoms with Crippen LogP contribution in [0.15, 0.2) is 22.7 Å². The van der Waals surface area contributed by atoms with Crippen LogP contribution in [-0.2, 0) is 4.74 Å². The molecule has 0 saturated heterocycles. The van der Waals surface area contributed by atoms with E-state index < -0.39 is 11.7 Å². The van der Waals surface area contributed by atoms with Crippen LogP contribution in [0, 0.1) is 18.8 Å². The molecule has 0 spiro atoms. The molecular weight excluding hydrogens is 318 g/mol. The van der Waals surface area contributed by atoms with Gasteiger partial charge in [-0.25, -0.2) is 4.79 Å². The van der Waals surface area contributed by atoms with E-state index in [1.165, 1.54) is 0 Å². The smallest absolute Gasteiger partial charge is 0.407 e. The Kier molecular flexibility index (Phi) is 6.09. The van der Waals surface area contributed by atoms with Crippen LogP contribution in [0.3, 0.4) is 0 Å². The lowest BCUT2D eigenvalue weighted by atomic mass is 10.1. The highest BCUT2D eigenvalue weighted by molar-refractivity contribution is 9.10. The number of hydrogen-bond acceptors (Lipinski definition) is 2. The summed E-state index contributed by atoms with van der Waals surface area (Å²) in [6.07, 6.45) is 0.188. The van der Waals surface area contributed by atoms with E-state index in [0.29, 0.717) is 13.0 Å². The van der Waals surface area contributed by atoms with Crippen molar-refractivity contribution in [1.29, 1.82) is 0 Å². The number of carbonyl (C=O) groups excluding carboxylic acids is 1. The van der Waals surface area contributed by atoms with Crippen LogP contribution in [0.25, 0.3) is 0 Å². The number of rotatable bonds is 2. The maximum absolute atomic E-state index is 11.4. The van der Waals surface area contributed by atoms with Crippen LogP contribution in [0.2, 0.25) is 0 Å². The minimum Gasteiger partial charge on any atom is -0.444 e. The Hall–Kier alpha value is -1.47. The van der Waals surface area contributed by atoms with Gasteiger partial charge >= 0.3 is 6.09 Å². The quantitative estimate of drug-likeness (QED) is 0.653. The third-order valence-corrected chi connectivity index (χ3v) is 2.82. The van der Waals surface area contributed by atoms with Crippen molar-refractivity contribution in [3.63, 3.8) is 0 Å². The maximum Gasteiger partial charge on any atom is 0.407 e. The molecule has 0 atom stereocenters. The van der Waals surface area contributed by atoms with E-state index in [-0.39, 0.29) is 0 Å². The van der Waals surface area contributed by atoms with Crippen LogP contribution < -0.4 is 5.32 Å². The van der Waals surface area contributed by atoms with Crippen molar-refractivity contribution in [3.8, 4) is 11.8 Å². The minimum absolute atomic E-state index is 0.404. The Morgan fingerprint density at radius 2 is 2.10 bits per heavy atom. The van der Waals surface area contributed by atoms with Gasteiger partial charge in [-0.2, -0.15) is 0 Å². The number of amides is 1. The normalized spacial score (nSPS) is 10.4. The lowest BCUT2D eigenvalue weighted by Gasteiger charge is -2.19. The van der Waals surface area contributed by atoms with Gasteiger partial charge in [0.15, 0.2) is 0 Å². The first-order chi connectivity index (χ1) is 9.28. The van der Waals surface area contributed by atoms with E-state index in [1.54, 1.807) is 0 Å². The number of hydrogen-bond donors (Lipinski definition) is 1. The van der Waals surface area contributed by atoms with Gasteiger partial charge in [0.25, 0.3) is 0 Å². The lowest BCUT2D eigenvalue weighted by molar-refractivity contribution is 0.0529. The van der Waals surface area contributed by atoms with Crippen molar-refractivity contribution in [2.75, 3.05) is 6.54 Å². The van der Waals surface area contributed by atoms with Gasteiger partial charge in [0, 0.05) is 23.0 Å². The van der Waals surface area contributed by atoms with Gasteiger partial charge in [0.2, 0.25) is 0 Å². The number of carbonyl (C=O) groups is 1. The first-order valence-corrected chi connectivity index (χ1v) is 7.29. The SMILES string of the molecule is Cc1cc(Br)ccc1C#CCCNC(=O)OC(C)(C)C. The molecule has 0 radical (unpaired) electrons. The van der Waals surface area contributed by atoms with Crippen molar-refractivity contribution in [2.24, 2.45) is 0 Å². The number of aryl methyl sites for hydroxylation is 1. The largest absolute Gasteiger partial charge is 0.444 e. The van der Waals surface area contributed by atoms with Gasteiger partial charge in [0.05, 0.1) is 0 Å². The van der Waals surface area contributed by atoms with Crippen LogP contribution in [0.5, 0.6) is 0 Å². The fourth-order valence-corrected chi connectivity index (χ4v) is 1.94. The predicted molar refractivity (Wildman–Crippen MR) is 84.6 cm³/mol. The molecule has 1 aromatic rings. The average molecular weight is 338 g/mol. The molecule has 108 valence electrons. The molecule has 4 heteroatoms. The summed E-state index contributed by atoms with van der Waals surface area (Å²) in [5, 5.41) is 2.68. The van der Waals surface area contributed by atoms with Crippen molar-refractivity contribution < 1.29 is 9.53 Å². The van der Waals surface area contributed by atoms with Gasteiger partial charge in [0.1, 0.15) is 5.60 Å².